The molecule has 1 aliphatic heterocycles. The molecule has 0 saturated carbocycles. The monoisotopic (exact) mass is 365 g/mol. The first-order chi connectivity index (χ1) is 12.9. The van der Waals surface area contributed by atoms with Crippen molar-refractivity contribution < 1.29 is 9.53 Å². The number of hydrogen-bond acceptors (Lipinski definition) is 2. The number of carbonyl (C=O) groups is 1. The van der Waals surface area contributed by atoms with Crippen LogP contribution < -0.4 is 5.32 Å². The zero-order valence-corrected chi connectivity index (χ0v) is 16.7. The lowest BCUT2D eigenvalue weighted by atomic mass is 9.73. The van der Waals surface area contributed by atoms with Crippen molar-refractivity contribution in [2.45, 2.75) is 56.9 Å². The van der Waals surface area contributed by atoms with Crippen LogP contribution in [-0.4, -0.2) is 25.2 Å². The zero-order valence-electron chi connectivity index (χ0n) is 16.7. The summed E-state index contributed by atoms with van der Waals surface area (Å²) in [5.41, 5.74) is 1.92. The average Bonchev–Trinajstić information content (AvgIpc) is 2.69. The van der Waals surface area contributed by atoms with Crippen LogP contribution in [0.3, 0.4) is 0 Å². The van der Waals surface area contributed by atoms with Gasteiger partial charge in [-0.05, 0) is 42.7 Å². The van der Waals surface area contributed by atoms with E-state index in [4.69, 9.17) is 4.74 Å². The van der Waals surface area contributed by atoms with Gasteiger partial charge >= 0.3 is 0 Å². The highest BCUT2D eigenvalue weighted by Gasteiger charge is 2.42. The van der Waals surface area contributed by atoms with Crippen LogP contribution in [0.1, 0.15) is 51.2 Å². The van der Waals surface area contributed by atoms with Gasteiger partial charge in [-0.2, -0.15) is 0 Å². The van der Waals surface area contributed by atoms with Crippen molar-refractivity contribution in [3.05, 3.63) is 71.8 Å². The molecule has 1 atom stereocenters. The molecule has 1 fully saturated rings. The topological polar surface area (TPSA) is 38.3 Å². The molecule has 0 bridgehead atoms. The van der Waals surface area contributed by atoms with E-state index in [2.05, 4.69) is 62.5 Å². The van der Waals surface area contributed by atoms with E-state index < -0.39 is 5.41 Å². The number of rotatable bonds is 6. The Balaban J connectivity index is 1.74. The summed E-state index contributed by atoms with van der Waals surface area (Å²) in [6.07, 6.45) is 2.36. The summed E-state index contributed by atoms with van der Waals surface area (Å²) in [6.45, 7) is 7.86. The van der Waals surface area contributed by atoms with Gasteiger partial charge < -0.3 is 10.1 Å². The van der Waals surface area contributed by atoms with Crippen LogP contribution >= 0.6 is 0 Å². The molecule has 2 aromatic carbocycles. The van der Waals surface area contributed by atoms with Crippen molar-refractivity contribution in [3.8, 4) is 0 Å². The maximum atomic E-state index is 13.4. The van der Waals surface area contributed by atoms with Crippen LogP contribution in [0.4, 0.5) is 0 Å². The Bertz CT molecular complexity index is 733. The summed E-state index contributed by atoms with van der Waals surface area (Å²) in [6, 6.07) is 20.8. The predicted molar refractivity (Wildman–Crippen MR) is 110 cm³/mol. The summed E-state index contributed by atoms with van der Waals surface area (Å²) in [5, 5.41) is 3.32. The minimum atomic E-state index is -0.481. The van der Waals surface area contributed by atoms with E-state index >= 15 is 0 Å². The highest BCUT2D eigenvalue weighted by atomic mass is 16.5. The first-order valence-corrected chi connectivity index (χ1v) is 9.94. The van der Waals surface area contributed by atoms with Gasteiger partial charge in [0.2, 0.25) is 5.91 Å². The number of ether oxygens (including phenoxy) is 1. The van der Waals surface area contributed by atoms with Gasteiger partial charge in [0.15, 0.2) is 0 Å². The summed E-state index contributed by atoms with van der Waals surface area (Å²) in [5.74, 6) is 0.133. The van der Waals surface area contributed by atoms with Gasteiger partial charge in [-0.3, -0.25) is 4.79 Å². The van der Waals surface area contributed by atoms with Gasteiger partial charge in [-0.25, -0.2) is 0 Å². The minimum Gasteiger partial charge on any atom is -0.381 e. The highest BCUT2D eigenvalue weighted by Crippen LogP contribution is 2.36. The smallest absolute Gasteiger partial charge is 0.231 e. The molecule has 27 heavy (non-hydrogen) atoms. The second-order valence-electron chi connectivity index (χ2n) is 8.39. The van der Waals surface area contributed by atoms with E-state index in [0.717, 1.165) is 24.8 Å². The normalized spacial score (nSPS) is 17.9. The molecule has 1 saturated heterocycles. The van der Waals surface area contributed by atoms with Gasteiger partial charge in [0, 0.05) is 19.3 Å². The summed E-state index contributed by atoms with van der Waals surface area (Å²) >= 11 is 0. The summed E-state index contributed by atoms with van der Waals surface area (Å²) in [7, 11) is 0. The van der Waals surface area contributed by atoms with Gasteiger partial charge in [0.1, 0.15) is 0 Å². The van der Waals surface area contributed by atoms with Crippen molar-refractivity contribution in [2.24, 2.45) is 0 Å². The maximum absolute atomic E-state index is 13.4. The molecule has 1 heterocycles. The minimum absolute atomic E-state index is 0.00351. The predicted octanol–water partition coefficient (Wildman–Crippen LogP) is 4.61. The maximum Gasteiger partial charge on any atom is 0.231 e. The van der Waals surface area contributed by atoms with E-state index in [9.17, 15) is 4.79 Å². The Morgan fingerprint density at radius 3 is 2.19 bits per heavy atom. The number of benzene rings is 2. The van der Waals surface area contributed by atoms with Crippen LogP contribution in [-0.2, 0) is 20.4 Å². The van der Waals surface area contributed by atoms with Gasteiger partial charge in [-0.15, -0.1) is 0 Å². The second-order valence-corrected chi connectivity index (χ2v) is 8.39. The quantitative estimate of drug-likeness (QED) is 0.812. The van der Waals surface area contributed by atoms with E-state index in [1.54, 1.807) is 0 Å². The van der Waals surface area contributed by atoms with Gasteiger partial charge in [0.05, 0.1) is 5.41 Å². The van der Waals surface area contributed by atoms with Crippen molar-refractivity contribution >= 4 is 5.91 Å². The Morgan fingerprint density at radius 2 is 1.59 bits per heavy atom. The zero-order chi connectivity index (χ0) is 19.3. The summed E-state index contributed by atoms with van der Waals surface area (Å²) < 4.78 is 5.56. The third-order valence-electron chi connectivity index (χ3n) is 5.86. The van der Waals surface area contributed by atoms with E-state index in [0.29, 0.717) is 13.2 Å². The van der Waals surface area contributed by atoms with Crippen LogP contribution in [0.5, 0.6) is 0 Å². The fourth-order valence-corrected chi connectivity index (χ4v) is 4.31. The number of carbonyl (C=O) groups excluding carboxylic acids is 1. The summed E-state index contributed by atoms with van der Waals surface area (Å²) in [4.78, 5) is 13.4. The highest BCUT2D eigenvalue weighted by molar-refractivity contribution is 5.88. The first kappa shape index (κ1) is 19.6. The van der Waals surface area contributed by atoms with Gasteiger partial charge in [0.25, 0.3) is 0 Å². The SMILES string of the molecule is C[C@@H](CC(C)(C)c1ccccc1)NC(=O)C1(c2ccccc2)CCOCC1. The van der Waals surface area contributed by atoms with Crippen molar-refractivity contribution in [2.75, 3.05) is 13.2 Å². The molecule has 1 amide bonds. The number of hydrogen-bond donors (Lipinski definition) is 1. The molecule has 0 radical (unpaired) electrons. The third-order valence-corrected chi connectivity index (χ3v) is 5.86. The molecule has 3 heteroatoms. The molecular weight excluding hydrogens is 334 g/mol. The van der Waals surface area contributed by atoms with E-state index in [1.165, 1.54) is 5.56 Å². The standard InChI is InChI=1S/C24H31NO2/c1-19(18-23(2,3)20-10-6-4-7-11-20)25-22(26)24(14-16-27-17-15-24)21-12-8-5-9-13-21/h4-13,19H,14-18H2,1-3H3,(H,25,26)/t19-/m0/s1. The number of nitrogens with one attached hydrogen (secondary N) is 1. The second kappa shape index (κ2) is 8.26. The molecule has 0 unspecified atom stereocenters. The Morgan fingerprint density at radius 1 is 1.04 bits per heavy atom. The molecule has 1 N–H and O–H groups in total. The third kappa shape index (κ3) is 4.41. The Hall–Kier alpha value is -2.13. The van der Waals surface area contributed by atoms with Crippen molar-refractivity contribution in [1.82, 2.24) is 5.32 Å². The number of amides is 1. The molecule has 3 rings (SSSR count). The average molecular weight is 366 g/mol. The lowest BCUT2D eigenvalue weighted by molar-refractivity contribution is -0.131. The Labute approximate surface area is 163 Å². The largest absolute Gasteiger partial charge is 0.381 e. The van der Waals surface area contributed by atoms with Crippen molar-refractivity contribution in [3.63, 3.8) is 0 Å². The van der Waals surface area contributed by atoms with Crippen LogP contribution in [0, 0.1) is 0 Å². The molecule has 144 valence electrons. The van der Waals surface area contributed by atoms with Crippen LogP contribution in [0.25, 0.3) is 0 Å². The first-order valence-electron chi connectivity index (χ1n) is 9.94. The molecule has 0 spiro atoms. The molecule has 1 aliphatic rings. The van der Waals surface area contributed by atoms with E-state index in [1.807, 2.05) is 24.3 Å². The van der Waals surface area contributed by atoms with E-state index in [-0.39, 0.29) is 17.4 Å². The molecule has 2 aromatic rings. The van der Waals surface area contributed by atoms with Gasteiger partial charge in [-0.1, -0.05) is 74.5 Å². The Kier molecular flexibility index (Phi) is 6.01. The molecule has 0 aliphatic carbocycles. The molecule has 0 aromatic heterocycles. The lowest BCUT2D eigenvalue weighted by Crippen LogP contribution is -2.51. The molecular formula is C24H31NO2. The van der Waals surface area contributed by atoms with Crippen LogP contribution in [0.2, 0.25) is 0 Å². The van der Waals surface area contributed by atoms with Crippen molar-refractivity contribution in [1.29, 1.82) is 0 Å². The molecule has 3 nitrogen and oxygen atoms in total. The van der Waals surface area contributed by atoms with Crippen LogP contribution in [0.15, 0.2) is 60.7 Å². The lowest BCUT2D eigenvalue weighted by Gasteiger charge is -2.38. The fourth-order valence-electron chi connectivity index (χ4n) is 4.31. The fraction of sp³-hybridized carbons (Fsp3) is 0.458.